The van der Waals surface area contributed by atoms with Crippen molar-refractivity contribution in [1.82, 2.24) is 4.98 Å². The maximum Gasteiger partial charge on any atom is 0.150 e. The molecule has 0 aliphatic carbocycles. The third-order valence-corrected chi connectivity index (χ3v) is 4.04. The van der Waals surface area contributed by atoms with Crippen LogP contribution in [0.5, 0.6) is 0 Å². The summed E-state index contributed by atoms with van der Waals surface area (Å²) in [4.78, 5) is 4.14. The molecular weight excluding hydrogens is 370 g/mol. The Labute approximate surface area is 135 Å². The molecule has 0 amide bonds. The molecule has 0 saturated heterocycles. The van der Waals surface area contributed by atoms with Gasteiger partial charge in [-0.15, -0.1) is 0 Å². The number of benzene rings is 1. The first-order valence-corrected chi connectivity index (χ1v) is 7.43. The Morgan fingerprint density at radius 3 is 2.58 bits per heavy atom. The largest absolute Gasteiger partial charge is 0.362 e. The van der Waals surface area contributed by atoms with Gasteiger partial charge in [-0.1, -0.05) is 62.9 Å². The predicted octanol–water partition coefficient (Wildman–Crippen LogP) is 5.98. The Morgan fingerprint density at radius 2 is 1.89 bits per heavy atom. The van der Waals surface area contributed by atoms with E-state index >= 15 is 0 Å². The van der Waals surface area contributed by atoms with E-state index in [-0.39, 0.29) is 11.2 Å². The molecule has 2 rings (SSSR count). The summed E-state index contributed by atoms with van der Waals surface area (Å²) < 4.78 is 1.02. The zero-order chi connectivity index (χ0) is 14.0. The first-order chi connectivity index (χ1) is 8.97. The summed E-state index contributed by atoms with van der Waals surface area (Å²) >= 11 is 21.3. The Morgan fingerprint density at radius 1 is 1.16 bits per heavy atom. The number of hydrogen-bond acceptors (Lipinski definition) is 2. The zero-order valence-corrected chi connectivity index (χ0v) is 13.8. The topological polar surface area (TPSA) is 24.9 Å². The average molecular weight is 381 g/mol. The van der Waals surface area contributed by atoms with Gasteiger partial charge in [0.2, 0.25) is 0 Å². The van der Waals surface area contributed by atoms with Gasteiger partial charge in [-0.25, -0.2) is 4.98 Å². The van der Waals surface area contributed by atoms with Gasteiger partial charge >= 0.3 is 0 Å². The summed E-state index contributed by atoms with van der Waals surface area (Å²) in [6.07, 6.45) is 0. The summed E-state index contributed by atoms with van der Waals surface area (Å²) in [6, 6.07) is 9.62. The molecule has 19 heavy (non-hydrogen) atoms. The Hall–Kier alpha value is -0.480. The van der Waals surface area contributed by atoms with Crippen molar-refractivity contribution in [2.75, 3.05) is 5.32 Å². The molecule has 0 fully saturated rings. The normalized spacial score (nSPS) is 12.3. The van der Waals surface area contributed by atoms with Crippen molar-refractivity contribution in [1.29, 1.82) is 0 Å². The number of rotatable bonds is 3. The Balaban J connectivity index is 2.24. The predicted molar refractivity (Wildman–Crippen MR) is 85.4 cm³/mol. The van der Waals surface area contributed by atoms with E-state index in [4.69, 9.17) is 34.8 Å². The summed E-state index contributed by atoms with van der Waals surface area (Å²) in [5.41, 5.74) is 1.11. The highest BCUT2D eigenvalue weighted by atomic mass is 79.9. The van der Waals surface area contributed by atoms with Crippen LogP contribution < -0.4 is 5.32 Å². The molecule has 0 bridgehead atoms. The van der Waals surface area contributed by atoms with E-state index < -0.39 is 0 Å². The van der Waals surface area contributed by atoms with Crippen molar-refractivity contribution in [3.63, 3.8) is 0 Å². The van der Waals surface area contributed by atoms with E-state index in [2.05, 4.69) is 26.2 Å². The fourth-order valence-electron chi connectivity index (χ4n) is 1.61. The standard InChI is InChI=1S/C13H10BrCl3N2/c1-7(8-3-2-4-9(14)5-8)18-13-11(16)6-10(15)12(17)19-13/h2-7H,1H3,(H,18,19). The van der Waals surface area contributed by atoms with Crippen molar-refractivity contribution >= 4 is 56.6 Å². The second-order valence-corrected chi connectivity index (χ2v) is 6.10. The molecule has 1 aromatic heterocycles. The lowest BCUT2D eigenvalue weighted by Crippen LogP contribution is -2.08. The molecule has 100 valence electrons. The van der Waals surface area contributed by atoms with E-state index in [1.807, 2.05) is 31.2 Å². The molecule has 1 N–H and O–H groups in total. The minimum Gasteiger partial charge on any atom is -0.362 e. The lowest BCUT2D eigenvalue weighted by molar-refractivity contribution is 0.874. The van der Waals surface area contributed by atoms with Crippen molar-refractivity contribution in [2.45, 2.75) is 13.0 Å². The second-order valence-electron chi connectivity index (χ2n) is 4.01. The quantitative estimate of drug-likeness (QED) is 0.663. The number of nitrogens with zero attached hydrogens (tertiary/aromatic N) is 1. The van der Waals surface area contributed by atoms with Crippen LogP contribution in [0.3, 0.4) is 0 Å². The van der Waals surface area contributed by atoms with Crippen molar-refractivity contribution in [3.8, 4) is 0 Å². The van der Waals surface area contributed by atoms with E-state index in [0.717, 1.165) is 10.0 Å². The maximum absolute atomic E-state index is 6.09. The molecule has 1 unspecified atom stereocenters. The molecule has 0 radical (unpaired) electrons. The van der Waals surface area contributed by atoms with Crippen LogP contribution in [0, 0.1) is 0 Å². The number of nitrogens with one attached hydrogen (secondary N) is 1. The Kier molecular flexibility index (Phi) is 4.96. The highest BCUT2D eigenvalue weighted by Gasteiger charge is 2.12. The minimum atomic E-state index is 0.0414. The van der Waals surface area contributed by atoms with E-state index in [1.165, 1.54) is 0 Å². The van der Waals surface area contributed by atoms with Crippen LogP contribution in [0.15, 0.2) is 34.8 Å². The van der Waals surface area contributed by atoms with Crippen LogP contribution in [-0.4, -0.2) is 4.98 Å². The maximum atomic E-state index is 6.09. The number of aromatic nitrogens is 1. The van der Waals surface area contributed by atoms with Gasteiger partial charge in [0, 0.05) is 4.47 Å². The molecule has 1 heterocycles. The first-order valence-electron chi connectivity index (χ1n) is 5.51. The monoisotopic (exact) mass is 378 g/mol. The highest BCUT2D eigenvalue weighted by molar-refractivity contribution is 9.10. The fourth-order valence-corrected chi connectivity index (χ4v) is 2.58. The van der Waals surface area contributed by atoms with Crippen molar-refractivity contribution in [2.24, 2.45) is 0 Å². The average Bonchev–Trinajstić information content (AvgIpc) is 2.36. The smallest absolute Gasteiger partial charge is 0.150 e. The molecule has 2 nitrogen and oxygen atoms in total. The molecule has 6 heteroatoms. The van der Waals surface area contributed by atoms with Crippen LogP contribution in [0.4, 0.5) is 5.82 Å². The summed E-state index contributed by atoms with van der Waals surface area (Å²) in [6.45, 7) is 2.02. The summed E-state index contributed by atoms with van der Waals surface area (Å²) in [7, 11) is 0. The van der Waals surface area contributed by atoms with Gasteiger partial charge in [0.05, 0.1) is 16.1 Å². The summed E-state index contributed by atoms with van der Waals surface area (Å²) in [5.74, 6) is 0.517. The van der Waals surface area contributed by atoms with Gasteiger partial charge in [0.1, 0.15) is 11.0 Å². The van der Waals surface area contributed by atoms with Gasteiger partial charge in [0.25, 0.3) is 0 Å². The number of halogens is 4. The van der Waals surface area contributed by atoms with Crippen LogP contribution in [-0.2, 0) is 0 Å². The molecule has 1 aromatic carbocycles. The second kappa shape index (κ2) is 6.31. The summed E-state index contributed by atoms with van der Waals surface area (Å²) in [5, 5.41) is 4.23. The third kappa shape index (κ3) is 3.76. The lowest BCUT2D eigenvalue weighted by atomic mass is 10.1. The molecular formula is C13H10BrCl3N2. The molecule has 0 spiro atoms. The minimum absolute atomic E-state index is 0.0414. The van der Waals surface area contributed by atoms with E-state index in [9.17, 15) is 0 Å². The van der Waals surface area contributed by atoms with Gasteiger partial charge < -0.3 is 5.32 Å². The highest BCUT2D eigenvalue weighted by Crippen LogP contribution is 2.31. The SMILES string of the molecule is CC(Nc1nc(Cl)c(Cl)cc1Cl)c1cccc(Br)c1. The molecule has 1 atom stereocenters. The van der Waals surface area contributed by atoms with Crippen LogP contribution in [0.25, 0.3) is 0 Å². The van der Waals surface area contributed by atoms with Crippen molar-refractivity contribution in [3.05, 3.63) is 55.6 Å². The lowest BCUT2D eigenvalue weighted by Gasteiger charge is -2.16. The third-order valence-electron chi connectivity index (χ3n) is 2.59. The van der Waals surface area contributed by atoms with E-state index in [0.29, 0.717) is 15.9 Å². The first kappa shape index (κ1) is 14.9. The number of hydrogen-bond donors (Lipinski definition) is 1. The van der Waals surface area contributed by atoms with Crippen molar-refractivity contribution < 1.29 is 0 Å². The van der Waals surface area contributed by atoms with Crippen LogP contribution in [0.2, 0.25) is 15.2 Å². The Bertz CT molecular complexity index is 604. The van der Waals surface area contributed by atoms with Gasteiger partial charge in [0.15, 0.2) is 0 Å². The van der Waals surface area contributed by atoms with Crippen LogP contribution >= 0.6 is 50.7 Å². The molecule has 0 aliphatic rings. The van der Waals surface area contributed by atoms with Crippen LogP contribution in [0.1, 0.15) is 18.5 Å². The van der Waals surface area contributed by atoms with Gasteiger partial charge in [-0.2, -0.15) is 0 Å². The molecule has 0 aliphatic heterocycles. The molecule has 0 saturated carbocycles. The van der Waals surface area contributed by atoms with E-state index in [1.54, 1.807) is 6.07 Å². The zero-order valence-electron chi connectivity index (χ0n) is 9.92. The molecule has 2 aromatic rings. The van der Waals surface area contributed by atoms with Gasteiger partial charge in [-0.3, -0.25) is 0 Å². The van der Waals surface area contributed by atoms with Gasteiger partial charge in [-0.05, 0) is 30.7 Å². The fraction of sp³-hybridized carbons (Fsp3) is 0.154. The number of anilines is 1. The number of pyridine rings is 1.